The number of phenols is 1. The second-order valence-corrected chi connectivity index (χ2v) is 9.17. The summed E-state index contributed by atoms with van der Waals surface area (Å²) in [4.78, 5) is 19.8. The number of carbonyl (C=O) groups is 1. The van der Waals surface area contributed by atoms with Crippen molar-refractivity contribution in [2.45, 2.75) is 18.9 Å². The molecule has 0 radical (unpaired) electrons. The molecule has 1 aromatic carbocycles. The molecule has 3 aliphatic heterocycles. The van der Waals surface area contributed by atoms with Gasteiger partial charge >= 0.3 is 0 Å². The predicted molar refractivity (Wildman–Crippen MR) is 128 cm³/mol. The Bertz CT molecular complexity index is 981. The molecular weight excluding hydrogens is 418 g/mol. The molecule has 3 aliphatic rings. The first-order valence-electron chi connectivity index (χ1n) is 12.0. The third-order valence-corrected chi connectivity index (χ3v) is 7.21. The van der Waals surface area contributed by atoms with Crippen molar-refractivity contribution < 1.29 is 9.90 Å². The number of para-hydroxylation sites is 1. The van der Waals surface area contributed by atoms with Gasteiger partial charge in [-0.25, -0.2) is 0 Å². The van der Waals surface area contributed by atoms with Gasteiger partial charge in [0.1, 0.15) is 5.75 Å². The normalized spacial score (nSPS) is 20.5. The van der Waals surface area contributed by atoms with Gasteiger partial charge in [-0.05, 0) is 44.1 Å². The number of carbonyl (C=O) groups excluding carboxylic acids is 1. The van der Waals surface area contributed by atoms with Crippen LogP contribution in [0.2, 0.25) is 0 Å². The summed E-state index contributed by atoms with van der Waals surface area (Å²) < 4.78 is 0. The van der Waals surface area contributed by atoms with Gasteiger partial charge in [0.25, 0.3) is 0 Å². The van der Waals surface area contributed by atoms with Crippen LogP contribution in [0.25, 0.3) is 11.3 Å². The molecule has 9 nitrogen and oxygen atoms in total. The molecule has 2 aromatic rings. The summed E-state index contributed by atoms with van der Waals surface area (Å²) in [7, 11) is 1.83. The van der Waals surface area contributed by atoms with Crippen molar-refractivity contribution in [1.82, 2.24) is 25.3 Å². The average Bonchev–Trinajstić information content (AvgIpc) is 2.84. The van der Waals surface area contributed by atoms with E-state index in [1.807, 2.05) is 30.1 Å². The molecule has 0 aliphatic carbocycles. The van der Waals surface area contributed by atoms with E-state index in [1.165, 1.54) is 12.8 Å². The summed E-state index contributed by atoms with van der Waals surface area (Å²) >= 11 is 0. The van der Waals surface area contributed by atoms with Crippen LogP contribution in [-0.2, 0) is 4.79 Å². The van der Waals surface area contributed by atoms with E-state index in [2.05, 4.69) is 30.6 Å². The third kappa shape index (κ3) is 4.47. The molecule has 0 unspecified atom stereocenters. The van der Waals surface area contributed by atoms with Crippen molar-refractivity contribution in [2.75, 3.05) is 69.6 Å². The van der Waals surface area contributed by atoms with E-state index in [0.717, 1.165) is 45.0 Å². The van der Waals surface area contributed by atoms with Crippen molar-refractivity contribution in [1.29, 1.82) is 0 Å². The zero-order valence-corrected chi connectivity index (χ0v) is 19.2. The topological polar surface area (TPSA) is 96.9 Å². The average molecular weight is 452 g/mol. The number of hydrogen-bond acceptors (Lipinski definition) is 8. The van der Waals surface area contributed by atoms with Gasteiger partial charge in [0, 0.05) is 57.9 Å². The largest absolute Gasteiger partial charge is 0.507 e. The highest BCUT2D eigenvalue weighted by Crippen LogP contribution is 2.33. The minimum Gasteiger partial charge on any atom is -0.507 e. The van der Waals surface area contributed by atoms with Crippen molar-refractivity contribution in [3.05, 3.63) is 30.3 Å². The van der Waals surface area contributed by atoms with E-state index in [-0.39, 0.29) is 11.7 Å². The number of piperazine rings is 1. The maximum atomic E-state index is 13.1. The highest BCUT2D eigenvalue weighted by Gasteiger charge is 2.39. The zero-order valence-electron chi connectivity index (χ0n) is 19.2. The standard InChI is InChI=1S/C24H33N7O2/c1-25-23-21(14-20(27-28-23)19-4-2-3-5-22(19)32)29-10-12-30(13-11-29)24(33)17-15-31(16-17)18-6-8-26-9-7-18/h2-5,14,17-18,26,32H,6-13,15-16H2,1H3,(H,25,28). The number of piperidine rings is 1. The number of hydrogen-bond donors (Lipinski definition) is 3. The molecule has 1 aromatic heterocycles. The molecule has 0 bridgehead atoms. The first-order valence-corrected chi connectivity index (χ1v) is 12.0. The number of nitrogens with zero attached hydrogens (tertiary/aromatic N) is 5. The minimum absolute atomic E-state index is 0.148. The van der Waals surface area contributed by atoms with Crippen molar-refractivity contribution in [3.63, 3.8) is 0 Å². The molecule has 0 saturated carbocycles. The maximum Gasteiger partial charge on any atom is 0.228 e. The number of anilines is 2. The predicted octanol–water partition coefficient (Wildman–Crippen LogP) is 1.22. The molecule has 3 saturated heterocycles. The number of nitrogens with one attached hydrogen (secondary N) is 2. The van der Waals surface area contributed by atoms with Crippen LogP contribution < -0.4 is 15.5 Å². The van der Waals surface area contributed by atoms with E-state index >= 15 is 0 Å². The first-order chi connectivity index (χ1) is 16.1. The van der Waals surface area contributed by atoms with Crippen LogP contribution >= 0.6 is 0 Å². The van der Waals surface area contributed by atoms with Crippen molar-refractivity contribution in [3.8, 4) is 17.0 Å². The molecule has 1 amide bonds. The quantitative estimate of drug-likeness (QED) is 0.625. The van der Waals surface area contributed by atoms with Gasteiger partial charge in [0.2, 0.25) is 5.91 Å². The molecule has 5 rings (SSSR count). The van der Waals surface area contributed by atoms with Crippen LogP contribution in [0.3, 0.4) is 0 Å². The Morgan fingerprint density at radius 1 is 1.09 bits per heavy atom. The summed E-state index contributed by atoms with van der Waals surface area (Å²) in [5.74, 6) is 1.33. The lowest BCUT2D eigenvalue weighted by Crippen LogP contribution is -2.61. The van der Waals surface area contributed by atoms with Gasteiger partial charge in [-0.1, -0.05) is 12.1 Å². The number of rotatable bonds is 5. The first kappa shape index (κ1) is 21.9. The Morgan fingerprint density at radius 3 is 2.52 bits per heavy atom. The van der Waals surface area contributed by atoms with Crippen LogP contribution in [-0.4, -0.2) is 96.5 Å². The second kappa shape index (κ2) is 9.52. The lowest BCUT2D eigenvalue weighted by molar-refractivity contribution is -0.142. The Balaban J connectivity index is 1.21. The van der Waals surface area contributed by atoms with E-state index in [4.69, 9.17) is 0 Å². The second-order valence-electron chi connectivity index (χ2n) is 9.17. The van der Waals surface area contributed by atoms with E-state index in [0.29, 0.717) is 42.1 Å². The lowest BCUT2D eigenvalue weighted by Gasteiger charge is -2.47. The zero-order chi connectivity index (χ0) is 22.8. The van der Waals surface area contributed by atoms with Crippen LogP contribution in [0.1, 0.15) is 12.8 Å². The van der Waals surface area contributed by atoms with Crippen LogP contribution in [0.15, 0.2) is 30.3 Å². The highest BCUT2D eigenvalue weighted by molar-refractivity contribution is 5.81. The fourth-order valence-corrected chi connectivity index (χ4v) is 5.19. The smallest absolute Gasteiger partial charge is 0.228 e. The van der Waals surface area contributed by atoms with Gasteiger partial charge in [-0.3, -0.25) is 9.69 Å². The maximum absolute atomic E-state index is 13.1. The number of aromatic hydroxyl groups is 1. The SMILES string of the molecule is CNc1nnc(-c2ccccc2O)cc1N1CCN(C(=O)C2CN(C3CCNCC3)C2)CC1. The molecule has 33 heavy (non-hydrogen) atoms. The molecule has 4 heterocycles. The van der Waals surface area contributed by atoms with E-state index in [1.54, 1.807) is 12.1 Å². The fraction of sp³-hybridized carbons (Fsp3) is 0.542. The molecule has 176 valence electrons. The molecule has 3 N–H and O–H groups in total. The number of benzene rings is 1. The summed E-state index contributed by atoms with van der Waals surface area (Å²) in [6, 6.07) is 9.77. The minimum atomic E-state index is 0.148. The van der Waals surface area contributed by atoms with Crippen LogP contribution in [0.5, 0.6) is 5.75 Å². The Morgan fingerprint density at radius 2 is 1.82 bits per heavy atom. The number of aromatic nitrogens is 2. The Hall–Kier alpha value is -2.91. The van der Waals surface area contributed by atoms with Crippen molar-refractivity contribution >= 4 is 17.4 Å². The van der Waals surface area contributed by atoms with Gasteiger partial charge < -0.3 is 25.5 Å². The third-order valence-electron chi connectivity index (χ3n) is 7.21. The van der Waals surface area contributed by atoms with Gasteiger partial charge in [-0.2, -0.15) is 0 Å². The molecule has 9 heteroatoms. The summed E-state index contributed by atoms with van der Waals surface area (Å²) in [6.07, 6.45) is 2.38. The molecule has 0 spiro atoms. The van der Waals surface area contributed by atoms with Crippen molar-refractivity contribution in [2.24, 2.45) is 5.92 Å². The lowest BCUT2D eigenvalue weighted by atomic mass is 9.92. The number of likely N-dealkylation sites (tertiary alicyclic amines) is 1. The Kier molecular flexibility index (Phi) is 6.32. The molecular formula is C24H33N7O2. The monoisotopic (exact) mass is 451 g/mol. The van der Waals surface area contributed by atoms with E-state index < -0.39 is 0 Å². The van der Waals surface area contributed by atoms with Gasteiger partial charge in [-0.15, -0.1) is 10.2 Å². The Labute approximate surface area is 194 Å². The van der Waals surface area contributed by atoms with Gasteiger partial charge in [0.15, 0.2) is 5.82 Å². The number of phenolic OH excluding ortho intramolecular Hbond substituents is 1. The summed E-state index contributed by atoms with van der Waals surface area (Å²) in [5.41, 5.74) is 2.23. The van der Waals surface area contributed by atoms with Crippen LogP contribution in [0, 0.1) is 5.92 Å². The number of amides is 1. The van der Waals surface area contributed by atoms with Crippen LogP contribution in [0.4, 0.5) is 11.5 Å². The highest BCUT2D eigenvalue weighted by atomic mass is 16.3. The summed E-state index contributed by atoms with van der Waals surface area (Å²) in [6.45, 7) is 6.91. The fourth-order valence-electron chi connectivity index (χ4n) is 5.19. The molecule has 0 atom stereocenters. The summed E-state index contributed by atoms with van der Waals surface area (Å²) in [5, 5.41) is 25.4. The van der Waals surface area contributed by atoms with Gasteiger partial charge in [0.05, 0.1) is 17.3 Å². The molecule has 3 fully saturated rings. The van der Waals surface area contributed by atoms with E-state index in [9.17, 15) is 9.90 Å².